The van der Waals surface area contributed by atoms with Gasteiger partial charge in [-0.15, -0.1) is 11.3 Å². The van der Waals surface area contributed by atoms with Crippen LogP contribution >= 0.6 is 11.3 Å². The van der Waals surface area contributed by atoms with Gasteiger partial charge in [0.2, 0.25) is 5.95 Å². The molecule has 1 aliphatic carbocycles. The second-order valence-corrected chi connectivity index (χ2v) is 9.63. The number of benzene rings is 1. The molecule has 3 heterocycles. The fourth-order valence-corrected chi connectivity index (χ4v) is 6.03. The van der Waals surface area contributed by atoms with E-state index in [1.54, 1.807) is 16.2 Å². The van der Waals surface area contributed by atoms with Gasteiger partial charge in [0.05, 0.1) is 5.39 Å². The van der Waals surface area contributed by atoms with E-state index in [0.29, 0.717) is 38.3 Å². The topological polar surface area (TPSA) is 58.4 Å². The van der Waals surface area contributed by atoms with Gasteiger partial charge in [-0.2, -0.15) is 0 Å². The third-order valence-electron chi connectivity index (χ3n) is 6.44. The Balaban J connectivity index is 1.42. The van der Waals surface area contributed by atoms with Gasteiger partial charge in [0.1, 0.15) is 10.6 Å². The number of hydrogen-bond acceptors (Lipinski definition) is 5. The van der Waals surface area contributed by atoms with Crippen molar-refractivity contribution in [1.82, 2.24) is 14.5 Å². The number of rotatable bonds is 4. The molecule has 32 heavy (non-hydrogen) atoms. The van der Waals surface area contributed by atoms with Crippen LogP contribution in [-0.2, 0) is 19.4 Å². The number of halogens is 1. The highest BCUT2D eigenvalue weighted by molar-refractivity contribution is 7.18. The number of aromatic nitrogens is 2. The average molecular weight is 455 g/mol. The summed E-state index contributed by atoms with van der Waals surface area (Å²) in [6.45, 7) is 5.01. The minimum Gasteiger partial charge on any atom is -0.339 e. The first-order valence-corrected chi connectivity index (χ1v) is 12.2. The van der Waals surface area contributed by atoms with Crippen molar-refractivity contribution in [2.75, 3.05) is 31.1 Å². The Bertz CT molecular complexity index is 1210. The van der Waals surface area contributed by atoms with Crippen LogP contribution in [0.25, 0.3) is 10.2 Å². The molecule has 0 spiro atoms. The molecular formula is C24H27FN4O2S. The van der Waals surface area contributed by atoms with Gasteiger partial charge < -0.3 is 9.80 Å². The normalized spacial score (nSPS) is 16.4. The number of amides is 1. The summed E-state index contributed by atoms with van der Waals surface area (Å²) < 4.78 is 15.0. The Morgan fingerprint density at radius 2 is 1.81 bits per heavy atom. The third kappa shape index (κ3) is 3.70. The zero-order valence-electron chi connectivity index (χ0n) is 18.3. The molecule has 0 saturated carbocycles. The summed E-state index contributed by atoms with van der Waals surface area (Å²) in [6, 6.07) is 5.67. The molecule has 5 rings (SSSR count). The first-order chi connectivity index (χ1) is 15.6. The first-order valence-electron chi connectivity index (χ1n) is 11.4. The number of fused-ring (bicyclic) bond motifs is 3. The molecular weight excluding hydrogens is 427 g/mol. The van der Waals surface area contributed by atoms with E-state index in [4.69, 9.17) is 4.98 Å². The number of hydrogen-bond donors (Lipinski definition) is 0. The minimum absolute atomic E-state index is 0.0797. The molecule has 1 aliphatic heterocycles. The van der Waals surface area contributed by atoms with Crippen molar-refractivity contribution in [3.05, 3.63) is 56.4 Å². The van der Waals surface area contributed by atoms with Crippen LogP contribution in [0.5, 0.6) is 0 Å². The fraction of sp³-hybridized carbons (Fsp3) is 0.458. The highest BCUT2D eigenvalue weighted by Gasteiger charge is 2.27. The van der Waals surface area contributed by atoms with Gasteiger partial charge in [-0.05, 0) is 61.9 Å². The Hall–Kier alpha value is -2.74. The SMILES string of the molecule is CCCn1c(N2CCN(C(=O)c3ccc(F)cc3)CC2)nc2sc3c(c2c1=O)CCCC3. The molecule has 0 atom stereocenters. The molecule has 0 bridgehead atoms. The summed E-state index contributed by atoms with van der Waals surface area (Å²) in [5.41, 5.74) is 1.79. The van der Waals surface area contributed by atoms with Crippen molar-refractivity contribution >= 4 is 33.4 Å². The van der Waals surface area contributed by atoms with E-state index < -0.39 is 0 Å². The van der Waals surface area contributed by atoms with E-state index in [9.17, 15) is 14.0 Å². The largest absolute Gasteiger partial charge is 0.339 e. The average Bonchev–Trinajstić information content (AvgIpc) is 3.20. The van der Waals surface area contributed by atoms with Gasteiger partial charge in [0.25, 0.3) is 11.5 Å². The lowest BCUT2D eigenvalue weighted by molar-refractivity contribution is 0.0746. The number of thiophene rings is 1. The molecule has 1 fully saturated rings. The summed E-state index contributed by atoms with van der Waals surface area (Å²) in [4.78, 5) is 37.4. The maximum absolute atomic E-state index is 13.5. The monoisotopic (exact) mass is 454 g/mol. The summed E-state index contributed by atoms with van der Waals surface area (Å²) in [5, 5.41) is 0.826. The van der Waals surface area contributed by atoms with Gasteiger partial charge in [0.15, 0.2) is 0 Å². The molecule has 1 aromatic carbocycles. The predicted octanol–water partition coefficient (Wildman–Crippen LogP) is 3.85. The van der Waals surface area contributed by atoms with Crippen molar-refractivity contribution < 1.29 is 9.18 Å². The highest BCUT2D eigenvalue weighted by Crippen LogP contribution is 2.34. The Morgan fingerprint density at radius 3 is 2.53 bits per heavy atom. The van der Waals surface area contributed by atoms with Crippen molar-refractivity contribution in [2.24, 2.45) is 0 Å². The van der Waals surface area contributed by atoms with Crippen LogP contribution in [0.1, 0.15) is 47.0 Å². The molecule has 1 saturated heterocycles. The van der Waals surface area contributed by atoms with Gasteiger partial charge in [0, 0.05) is 43.2 Å². The maximum atomic E-state index is 13.5. The van der Waals surface area contributed by atoms with Gasteiger partial charge in [-0.3, -0.25) is 14.2 Å². The van der Waals surface area contributed by atoms with Gasteiger partial charge in [-0.1, -0.05) is 6.92 Å². The van der Waals surface area contributed by atoms with Crippen LogP contribution in [0.4, 0.5) is 10.3 Å². The quantitative estimate of drug-likeness (QED) is 0.601. The van der Waals surface area contributed by atoms with Crippen LogP contribution in [0, 0.1) is 5.82 Å². The Kier molecular flexibility index (Phi) is 5.71. The molecule has 0 unspecified atom stereocenters. The molecule has 2 aromatic heterocycles. The second kappa shape index (κ2) is 8.65. The summed E-state index contributed by atoms with van der Waals surface area (Å²) in [7, 11) is 0. The maximum Gasteiger partial charge on any atom is 0.263 e. The van der Waals surface area contributed by atoms with Crippen molar-refractivity contribution in [1.29, 1.82) is 0 Å². The molecule has 0 N–H and O–H groups in total. The first kappa shape index (κ1) is 21.1. The summed E-state index contributed by atoms with van der Waals surface area (Å²) in [6.07, 6.45) is 5.19. The molecule has 2 aliphatic rings. The van der Waals surface area contributed by atoms with Gasteiger partial charge in [-0.25, -0.2) is 9.37 Å². The number of carbonyl (C=O) groups is 1. The number of piperazine rings is 1. The second-order valence-electron chi connectivity index (χ2n) is 8.55. The molecule has 0 radical (unpaired) electrons. The van der Waals surface area contributed by atoms with Crippen LogP contribution < -0.4 is 10.5 Å². The van der Waals surface area contributed by atoms with Crippen LogP contribution in [0.15, 0.2) is 29.1 Å². The van der Waals surface area contributed by atoms with Crippen molar-refractivity contribution in [3.63, 3.8) is 0 Å². The van der Waals surface area contributed by atoms with Crippen molar-refractivity contribution in [2.45, 2.75) is 45.6 Å². The van der Waals surface area contributed by atoms with Gasteiger partial charge >= 0.3 is 0 Å². The smallest absolute Gasteiger partial charge is 0.263 e. The number of anilines is 1. The molecule has 168 valence electrons. The Morgan fingerprint density at radius 1 is 1.09 bits per heavy atom. The fourth-order valence-electron chi connectivity index (χ4n) is 4.78. The zero-order chi connectivity index (χ0) is 22.2. The standard InChI is InChI=1S/C24H27FN4O2S/c1-2-11-29-23(31)20-18-5-3-4-6-19(18)32-21(20)26-24(29)28-14-12-27(13-15-28)22(30)16-7-9-17(25)10-8-16/h7-10H,2-6,11-15H2,1H3. The zero-order valence-corrected chi connectivity index (χ0v) is 19.1. The summed E-state index contributed by atoms with van der Waals surface area (Å²) in [5.74, 6) is 0.277. The van der Waals surface area contributed by atoms with Crippen LogP contribution in [0.3, 0.4) is 0 Å². The molecule has 6 nitrogen and oxygen atoms in total. The molecule has 3 aromatic rings. The van der Waals surface area contributed by atoms with Crippen molar-refractivity contribution in [3.8, 4) is 0 Å². The van der Waals surface area contributed by atoms with E-state index in [1.165, 1.54) is 41.1 Å². The predicted molar refractivity (Wildman–Crippen MR) is 125 cm³/mol. The molecule has 1 amide bonds. The lowest BCUT2D eigenvalue weighted by Gasteiger charge is -2.36. The van der Waals surface area contributed by atoms with E-state index in [-0.39, 0.29) is 17.3 Å². The summed E-state index contributed by atoms with van der Waals surface area (Å²) >= 11 is 1.68. The third-order valence-corrected chi connectivity index (χ3v) is 7.63. The highest BCUT2D eigenvalue weighted by atomic mass is 32.1. The number of nitrogens with zero attached hydrogens (tertiary/aromatic N) is 4. The lowest BCUT2D eigenvalue weighted by Crippen LogP contribution is -2.50. The van der Waals surface area contributed by atoms with Crippen LogP contribution in [-0.4, -0.2) is 46.5 Å². The minimum atomic E-state index is -0.350. The lowest BCUT2D eigenvalue weighted by atomic mass is 9.97. The van der Waals surface area contributed by atoms with E-state index in [0.717, 1.165) is 41.8 Å². The molecule has 8 heteroatoms. The van der Waals surface area contributed by atoms with E-state index in [2.05, 4.69) is 11.8 Å². The Labute approximate surface area is 190 Å². The van der Waals surface area contributed by atoms with E-state index in [1.807, 2.05) is 4.57 Å². The number of aryl methyl sites for hydroxylation is 2. The number of carbonyl (C=O) groups excluding carboxylic acids is 1. The van der Waals surface area contributed by atoms with E-state index >= 15 is 0 Å². The van der Waals surface area contributed by atoms with Crippen LogP contribution in [0.2, 0.25) is 0 Å².